The summed E-state index contributed by atoms with van der Waals surface area (Å²) in [7, 11) is 1.89. The smallest absolute Gasteiger partial charge is 0.223 e. The Morgan fingerprint density at radius 2 is 2.17 bits per heavy atom. The van der Waals surface area contributed by atoms with Gasteiger partial charge in [-0.05, 0) is 44.1 Å². The standard InChI is InChI=1S/C14H26N2O2/c1-16(10-12-5-2-3-8-18-12)13(17)9-14(11-15)6-4-7-14/h12H,2-11,15H2,1H3. The van der Waals surface area contributed by atoms with Crippen molar-refractivity contribution in [3.8, 4) is 0 Å². The zero-order valence-electron chi connectivity index (χ0n) is 11.5. The molecule has 2 N–H and O–H groups in total. The number of likely N-dealkylation sites (N-methyl/N-ethyl adjacent to an activating group) is 1. The molecule has 1 unspecified atom stereocenters. The number of hydrogen-bond acceptors (Lipinski definition) is 3. The van der Waals surface area contributed by atoms with Gasteiger partial charge in [-0.25, -0.2) is 0 Å². The maximum absolute atomic E-state index is 12.2. The molecule has 4 heteroatoms. The molecule has 1 saturated carbocycles. The average Bonchev–Trinajstić information content (AvgIpc) is 2.34. The minimum Gasteiger partial charge on any atom is -0.376 e. The van der Waals surface area contributed by atoms with E-state index in [-0.39, 0.29) is 17.4 Å². The van der Waals surface area contributed by atoms with Gasteiger partial charge in [0.15, 0.2) is 0 Å². The molecule has 2 aliphatic rings. The van der Waals surface area contributed by atoms with Crippen molar-refractivity contribution in [1.29, 1.82) is 0 Å². The van der Waals surface area contributed by atoms with Gasteiger partial charge >= 0.3 is 0 Å². The van der Waals surface area contributed by atoms with Gasteiger partial charge in [0, 0.05) is 26.6 Å². The van der Waals surface area contributed by atoms with Crippen molar-refractivity contribution in [2.24, 2.45) is 11.1 Å². The lowest BCUT2D eigenvalue weighted by Crippen LogP contribution is -2.44. The van der Waals surface area contributed by atoms with Crippen LogP contribution in [0.15, 0.2) is 0 Å². The molecule has 1 amide bonds. The number of nitrogens with two attached hydrogens (primary N) is 1. The molecule has 1 aliphatic carbocycles. The summed E-state index contributed by atoms with van der Waals surface area (Å²) >= 11 is 0. The fraction of sp³-hybridized carbons (Fsp3) is 0.929. The summed E-state index contributed by atoms with van der Waals surface area (Å²) in [6.45, 7) is 2.23. The number of ether oxygens (including phenoxy) is 1. The summed E-state index contributed by atoms with van der Waals surface area (Å²) in [4.78, 5) is 14.0. The fourth-order valence-electron chi connectivity index (χ4n) is 2.94. The Balaban J connectivity index is 1.77. The van der Waals surface area contributed by atoms with Crippen LogP contribution in [0.3, 0.4) is 0 Å². The molecule has 1 heterocycles. The van der Waals surface area contributed by atoms with Gasteiger partial charge in [-0.3, -0.25) is 4.79 Å². The first kappa shape index (κ1) is 13.8. The number of carbonyl (C=O) groups excluding carboxylic acids is 1. The van der Waals surface area contributed by atoms with E-state index in [1.807, 2.05) is 11.9 Å². The third-order valence-corrected chi connectivity index (χ3v) is 4.55. The number of nitrogens with zero attached hydrogens (tertiary/aromatic N) is 1. The van der Waals surface area contributed by atoms with Crippen molar-refractivity contribution in [2.45, 2.75) is 51.0 Å². The van der Waals surface area contributed by atoms with Gasteiger partial charge in [0.1, 0.15) is 0 Å². The van der Waals surface area contributed by atoms with Crippen LogP contribution < -0.4 is 5.73 Å². The third-order valence-electron chi connectivity index (χ3n) is 4.55. The highest BCUT2D eigenvalue weighted by Crippen LogP contribution is 2.43. The summed E-state index contributed by atoms with van der Waals surface area (Å²) < 4.78 is 5.68. The Hall–Kier alpha value is -0.610. The molecule has 104 valence electrons. The Labute approximate surface area is 110 Å². The number of carbonyl (C=O) groups is 1. The van der Waals surface area contributed by atoms with Crippen molar-refractivity contribution in [3.05, 3.63) is 0 Å². The van der Waals surface area contributed by atoms with E-state index in [0.717, 1.165) is 38.8 Å². The first-order chi connectivity index (χ1) is 8.65. The molecule has 2 rings (SSSR count). The van der Waals surface area contributed by atoms with Gasteiger partial charge in [-0.15, -0.1) is 0 Å². The lowest BCUT2D eigenvalue weighted by Gasteiger charge is -2.41. The van der Waals surface area contributed by atoms with E-state index in [0.29, 0.717) is 13.0 Å². The van der Waals surface area contributed by atoms with Crippen LogP contribution in [-0.2, 0) is 9.53 Å². The number of rotatable bonds is 5. The van der Waals surface area contributed by atoms with E-state index >= 15 is 0 Å². The molecule has 0 bridgehead atoms. The van der Waals surface area contributed by atoms with Crippen LogP contribution in [0.4, 0.5) is 0 Å². The van der Waals surface area contributed by atoms with E-state index in [4.69, 9.17) is 10.5 Å². The van der Waals surface area contributed by atoms with Gasteiger partial charge < -0.3 is 15.4 Å². The summed E-state index contributed by atoms with van der Waals surface area (Å²) in [5.41, 5.74) is 5.92. The van der Waals surface area contributed by atoms with E-state index in [1.165, 1.54) is 12.8 Å². The molecule has 2 fully saturated rings. The van der Waals surface area contributed by atoms with Gasteiger partial charge in [-0.2, -0.15) is 0 Å². The number of hydrogen-bond donors (Lipinski definition) is 1. The highest BCUT2D eigenvalue weighted by Gasteiger charge is 2.38. The topological polar surface area (TPSA) is 55.6 Å². The minimum absolute atomic E-state index is 0.110. The van der Waals surface area contributed by atoms with Crippen LogP contribution in [0.2, 0.25) is 0 Å². The fourth-order valence-corrected chi connectivity index (χ4v) is 2.94. The first-order valence-electron chi connectivity index (χ1n) is 7.21. The van der Waals surface area contributed by atoms with Crippen LogP contribution >= 0.6 is 0 Å². The molecular formula is C14H26N2O2. The normalized spacial score (nSPS) is 26.4. The maximum atomic E-state index is 12.2. The van der Waals surface area contributed by atoms with Crippen LogP contribution in [0.25, 0.3) is 0 Å². The predicted octanol–water partition coefficient (Wildman–Crippen LogP) is 1.53. The molecule has 4 nitrogen and oxygen atoms in total. The van der Waals surface area contributed by atoms with E-state index < -0.39 is 0 Å². The van der Waals surface area contributed by atoms with Gasteiger partial charge in [0.2, 0.25) is 5.91 Å². The second-order valence-electron chi connectivity index (χ2n) is 6.00. The highest BCUT2D eigenvalue weighted by molar-refractivity contribution is 5.76. The summed E-state index contributed by atoms with van der Waals surface area (Å²) in [5.74, 6) is 0.231. The quantitative estimate of drug-likeness (QED) is 0.809. The average molecular weight is 254 g/mol. The Morgan fingerprint density at radius 1 is 1.39 bits per heavy atom. The maximum Gasteiger partial charge on any atom is 0.223 e. The van der Waals surface area contributed by atoms with Crippen molar-refractivity contribution >= 4 is 5.91 Å². The predicted molar refractivity (Wildman–Crippen MR) is 71.2 cm³/mol. The van der Waals surface area contributed by atoms with E-state index in [1.54, 1.807) is 0 Å². The Bertz CT molecular complexity index is 278. The minimum atomic E-state index is 0.110. The van der Waals surface area contributed by atoms with E-state index in [9.17, 15) is 4.79 Å². The molecule has 18 heavy (non-hydrogen) atoms. The lowest BCUT2D eigenvalue weighted by atomic mass is 9.66. The van der Waals surface area contributed by atoms with Crippen LogP contribution in [0, 0.1) is 5.41 Å². The van der Waals surface area contributed by atoms with Crippen molar-refractivity contribution < 1.29 is 9.53 Å². The highest BCUT2D eigenvalue weighted by atomic mass is 16.5. The number of amides is 1. The Morgan fingerprint density at radius 3 is 2.67 bits per heavy atom. The second-order valence-corrected chi connectivity index (χ2v) is 6.00. The van der Waals surface area contributed by atoms with Gasteiger partial charge in [0.25, 0.3) is 0 Å². The van der Waals surface area contributed by atoms with E-state index in [2.05, 4.69) is 0 Å². The zero-order valence-corrected chi connectivity index (χ0v) is 11.5. The SMILES string of the molecule is CN(CC1CCCCO1)C(=O)CC1(CN)CCC1. The molecule has 0 aromatic heterocycles. The van der Waals surface area contributed by atoms with Crippen molar-refractivity contribution in [2.75, 3.05) is 26.7 Å². The summed E-state index contributed by atoms with van der Waals surface area (Å²) in [5, 5.41) is 0. The van der Waals surface area contributed by atoms with Gasteiger partial charge in [-0.1, -0.05) is 6.42 Å². The molecule has 1 saturated heterocycles. The summed E-state index contributed by atoms with van der Waals surface area (Å²) in [6.07, 6.45) is 7.77. The second kappa shape index (κ2) is 6.02. The van der Waals surface area contributed by atoms with Crippen LogP contribution in [-0.4, -0.2) is 43.7 Å². The van der Waals surface area contributed by atoms with Crippen LogP contribution in [0.5, 0.6) is 0 Å². The molecule has 0 aromatic rings. The monoisotopic (exact) mass is 254 g/mol. The largest absolute Gasteiger partial charge is 0.376 e. The zero-order chi connectivity index (χ0) is 13.0. The van der Waals surface area contributed by atoms with Crippen LogP contribution in [0.1, 0.15) is 44.9 Å². The third kappa shape index (κ3) is 3.23. The molecule has 0 aromatic carbocycles. The van der Waals surface area contributed by atoms with Crippen molar-refractivity contribution in [1.82, 2.24) is 4.90 Å². The lowest BCUT2D eigenvalue weighted by molar-refractivity contribution is -0.136. The summed E-state index contributed by atoms with van der Waals surface area (Å²) in [6, 6.07) is 0. The van der Waals surface area contributed by atoms with Crippen molar-refractivity contribution in [3.63, 3.8) is 0 Å². The first-order valence-corrected chi connectivity index (χ1v) is 7.21. The molecule has 1 aliphatic heterocycles. The molecule has 0 spiro atoms. The molecular weight excluding hydrogens is 228 g/mol. The van der Waals surface area contributed by atoms with Gasteiger partial charge in [0.05, 0.1) is 6.10 Å². The molecule has 1 atom stereocenters. The Kier molecular flexibility index (Phi) is 4.62. The molecule has 0 radical (unpaired) electrons.